The minimum atomic E-state index is -0.0616. The lowest BCUT2D eigenvalue weighted by Crippen LogP contribution is -2.20. The van der Waals surface area contributed by atoms with E-state index >= 15 is 0 Å². The van der Waals surface area contributed by atoms with E-state index in [0.717, 1.165) is 32.4 Å². The van der Waals surface area contributed by atoms with Crippen LogP contribution in [0.15, 0.2) is 38.8 Å². The molecule has 0 amide bonds. The number of aryl methyl sites for hydroxylation is 3. The number of fused-ring (bicyclic) bond motifs is 1. The van der Waals surface area contributed by atoms with Gasteiger partial charge in [-0.1, -0.05) is 11.8 Å². The summed E-state index contributed by atoms with van der Waals surface area (Å²) >= 11 is 2.83. The average molecular weight is 442 g/mol. The molecule has 0 spiro atoms. The van der Waals surface area contributed by atoms with Crippen LogP contribution in [-0.2, 0) is 13.6 Å². The van der Waals surface area contributed by atoms with Crippen LogP contribution in [0.2, 0.25) is 0 Å². The number of Topliss-reactive ketones (excluding diaryl/α,β-unsaturated/α-hetero) is 1. The summed E-state index contributed by atoms with van der Waals surface area (Å²) in [5, 5.41) is 1.24. The Labute approximate surface area is 182 Å². The number of furan rings is 1. The zero-order chi connectivity index (χ0) is 21.6. The number of carbonyl (C=O) groups is 1. The van der Waals surface area contributed by atoms with Crippen LogP contribution in [0.4, 0.5) is 0 Å². The van der Waals surface area contributed by atoms with Gasteiger partial charge in [0.15, 0.2) is 10.9 Å². The fourth-order valence-electron chi connectivity index (χ4n) is 3.58. The van der Waals surface area contributed by atoms with Crippen molar-refractivity contribution in [1.82, 2.24) is 14.1 Å². The summed E-state index contributed by atoms with van der Waals surface area (Å²) in [6.07, 6.45) is 1.65. The van der Waals surface area contributed by atoms with Crippen LogP contribution >= 0.6 is 23.1 Å². The topological polar surface area (TPSA) is 70.0 Å². The highest BCUT2D eigenvalue weighted by Crippen LogP contribution is 2.28. The highest BCUT2D eigenvalue weighted by Gasteiger charge is 2.19. The summed E-state index contributed by atoms with van der Waals surface area (Å²) in [5.74, 6) is 1.09. The summed E-state index contributed by atoms with van der Waals surface area (Å²) in [4.78, 5) is 32.2. The lowest BCUT2D eigenvalue weighted by Gasteiger charge is -2.08. The van der Waals surface area contributed by atoms with Crippen molar-refractivity contribution in [1.29, 1.82) is 0 Å². The number of carbonyl (C=O) groups excluding carboxylic acids is 1. The lowest BCUT2D eigenvalue weighted by atomic mass is 10.2. The summed E-state index contributed by atoms with van der Waals surface area (Å²) in [6.45, 7) is 8.47. The van der Waals surface area contributed by atoms with E-state index in [1.165, 1.54) is 23.1 Å². The minimum Gasteiger partial charge on any atom is -0.467 e. The second kappa shape index (κ2) is 7.92. The molecule has 0 aliphatic heterocycles. The van der Waals surface area contributed by atoms with Crippen LogP contribution in [0.3, 0.4) is 0 Å². The van der Waals surface area contributed by atoms with Crippen LogP contribution in [0.25, 0.3) is 10.2 Å². The van der Waals surface area contributed by atoms with Gasteiger partial charge in [0.25, 0.3) is 5.56 Å². The van der Waals surface area contributed by atoms with E-state index in [-0.39, 0.29) is 17.1 Å². The number of thiophene rings is 1. The van der Waals surface area contributed by atoms with E-state index in [1.807, 2.05) is 45.9 Å². The monoisotopic (exact) mass is 441 g/mol. The van der Waals surface area contributed by atoms with E-state index in [1.54, 1.807) is 17.9 Å². The van der Waals surface area contributed by atoms with Gasteiger partial charge in [0.2, 0.25) is 0 Å². The maximum Gasteiger partial charge on any atom is 0.262 e. The van der Waals surface area contributed by atoms with Gasteiger partial charge in [0, 0.05) is 28.9 Å². The molecule has 4 rings (SSSR count). The predicted octanol–water partition coefficient (Wildman–Crippen LogP) is 4.65. The first-order chi connectivity index (χ1) is 14.3. The maximum atomic E-state index is 13.0. The molecule has 0 saturated heterocycles. The molecule has 0 aromatic carbocycles. The van der Waals surface area contributed by atoms with E-state index in [0.29, 0.717) is 22.7 Å². The Bertz CT molecular complexity index is 1310. The van der Waals surface area contributed by atoms with Crippen LogP contribution in [0.1, 0.15) is 37.9 Å². The molecule has 4 aromatic heterocycles. The van der Waals surface area contributed by atoms with Gasteiger partial charge >= 0.3 is 0 Å². The van der Waals surface area contributed by atoms with Crippen molar-refractivity contribution in [2.75, 3.05) is 5.75 Å². The molecule has 6 nitrogen and oxygen atoms in total. The molecular formula is C22H23N3O3S2. The molecule has 0 radical (unpaired) electrons. The first-order valence-corrected chi connectivity index (χ1v) is 11.4. The Morgan fingerprint density at radius 3 is 2.73 bits per heavy atom. The second-order valence-electron chi connectivity index (χ2n) is 7.38. The number of thioether (sulfide) groups is 1. The highest BCUT2D eigenvalue weighted by molar-refractivity contribution is 7.99. The van der Waals surface area contributed by atoms with Gasteiger partial charge in [-0.05, 0) is 51.5 Å². The molecule has 0 unspecified atom stereocenters. The van der Waals surface area contributed by atoms with Gasteiger partial charge in [-0.15, -0.1) is 11.3 Å². The molecule has 0 fully saturated rings. The van der Waals surface area contributed by atoms with Crippen molar-refractivity contribution in [3.05, 3.63) is 68.0 Å². The van der Waals surface area contributed by atoms with Crippen LogP contribution in [-0.4, -0.2) is 25.7 Å². The molecule has 0 aliphatic rings. The number of nitrogens with zero attached hydrogens (tertiary/aromatic N) is 3. The van der Waals surface area contributed by atoms with E-state index in [2.05, 4.69) is 9.55 Å². The Morgan fingerprint density at radius 1 is 1.27 bits per heavy atom. The maximum absolute atomic E-state index is 13.0. The van der Waals surface area contributed by atoms with Crippen molar-refractivity contribution in [3.8, 4) is 0 Å². The predicted molar refractivity (Wildman–Crippen MR) is 121 cm³/mol. The molecule has 156 valence electrons. The Balaban J connectivity index is 1.57. The minimum absolute atomic E-state index is 0.0201. The SMILES string of the molecule is Cc1sc2nc(SCC(=O)c3cc(C)n(Cc4ccco4)c3C)n(C)c(=O)c2c1C. The highest BCUT2D eigenvalue weighted by atomic mass is 32.2. The van der Waals surface area contributed by atoms with Crippen LogP contribution in [0, 0.1) is 27.7 Å². The quantitative estimate of drug-likeness (QED) is 0.248. The third kappa shape index (κ3) is 3.54. The van der Waals surface area contributed by atoms with Gasteiger partial charge in [-0.3, -0.25) is 14.2 Å². The van der Waals surface area contributed by atoms with Gasteiger partial charge < -0.3 is 8.98 Å². The summed E-state index contributed by atoms with van der Waals surface area (Å²) < 4.78 is 9.06. The second-order valence-corrected chi connectivity index (χ2v) is 9.53. The van der Waals surface area contributed by atoms with Crippen LogP contribution in [0.5, 0.6) is 0 Å². The molecular weight excluding hydrogens is 418 g/mol. The third-order valence-electron chi connectivity index (χ3n) is 5.47. The van der Waals surface area contributed by atoms with Gasteiger partial charge in [0.05, 0.1) is 23.9 Å². The summed E-state index contributed by atoms with van der Waals surface area (Å²) in [6, 6.07) is 5.70. The van der Waals surface area contributed by atoms with E-state index in [4.69, 9.17) is 4.42 Å². The van der Waals surface area contributed by atoms with Crippen molar-refractivity contribution in [3.63, 3.8) is 0 Å². The van der Waals surface area contributed by atoms with Crippen LogP contribution < -0.4 is 5.56 Å². The molecule has 0 N–H and O–H groups in total. The molecule has 4 aromatic rings. The molecule has 0 aliphatic carbocycles. The van der Waals surface area contributed by atoms with E-state index in [9.17, 15) is 9.59 Å². The molecule has 0 atom stereocenters. The number of rotatable bonds is 6. The smallest absolute Gasteiger partial charge is 0.262 e. The molecule has 8 heteroatoms. The van der Waals surface area contributed by atoms with Crippen molar-refractivity contribution >= 4 is 39.1 Å². The summed E-state index contributed by atoms with van der Waals surface area (Å²) in [5.41, 5.74) is 3.54. The average Bonchev–Trinajstić information content (AvgIpc) is 3.39. The standard InChI is InChI=1S/C22H23N3O3S2/c1-12-9-17(14(3)25(12)10-16-7-6-8-28-16)18(26)11-29-22-23-20-19(21(27)24(22)5)13(2)15(4)30-20/h6-9H,10-11H2,1-5H3. The number of hydrogen-bond donors (Lipinski definition) is 0. The first kappa shape index (κ1) is 20.7. The largest absolute Gasteiger partial charge is 0.467 e. The fraction of sp³-hybridized carbons (Fsp3) is 0.318. The zero-order valence-corrected chi connectivity index (χ0v) is 19.2. The third-order valence-corrected chi connectivity index (χ3v) is 7.60. The molecule has 0 saturated carbocycles. The summed E-state index contributed by atoms with van der Waals surface area (Å²) in [7, 11) is 1.71. The molecule has 4 heterocycles. The fourth-order valence-corrected chi connectivity index (χ4v) is 5.50. The Morgan fingerprint density at radius 2 is 2.03 bits per heavy atom. The number of hydrogen-bond acceptors (Lipinski definition) is 6. The van der Waals surface area contributed by atoms with Crippen molar-refractivity contribution < 1.29 is 9.21 Å². The van der Waals surface area contributed by atoms with Crippen molar-refractivity contribution in [2.45, 2.75) is 39.4 Å². The number of aromatic nitrogens is 3. The van der Waals surface area contributed by atoms with E-state index < -0.39 is 0 Å². The van der Waals surface area contributed by atoms with Crippen molar-refractivity contribution in [2.24, 2.45) is 7.05 Å². The first-order valence-electron chi connectivity index (χ1n) is 9.59. The number of ketones is 1. The Kier molecular flexibility index (Phi) is 5.46. The molecule has 30 heavy (non-hydrogen) atoms. The lowest BCUT2D eigenvalue weighted by molar-refractivity contribution is 0.102. The molecule has 0 bridgehead atoms. The van der Waals surface area contributed by atoms with Gasteiger partial charge in [-0.2, -0.15) is 0 Å². The van der Waals surface area contributed by atoms with Gasteiger partial charge in [0.1, 0.15) is 10.6 Å². The Hall–Kier alpha value is -2.58. The van der Waals surface area contributed by atoms with Gasteiger partial charge in [-0.25, -0.2) is 4.98 Å². The normalized spacial score (nSPS) is 11.5. The zero-order valence-electron chi connectivity index (χ0n) is 17.6.